The number of nitrogen functional groups attached to an aromatic ring is 1. The molecule has 0 bridgehead atoms. The second-order valence-corrected chi connectivity index (χ2v) is 9.46. The zero-order chi connectivity index (χ0) is 21.3. The van der Waals surface area contributed by atoms with E-state index >= 15 is 0 Å². The molecular formula is C21H24N4O3S2. The van der Waals surface area contributed by atoms with E-state index in [4.69, 9.17) is 15.2 Å². The highest BCUT2D eigenvalue weighted by atomic mass is 32.2. The minimum absolute atomic E-state index is 0.133. The third-order valence-corrected chi connectivity index (χ3v) is 6.97. The molecule has 30 heavy (non-hydrogen) atoms. The number of ether oxygens (including phenoxy) is 2. The Bertz CT molecular complexity index is 1070. The number of aromatic nitrogens is 2. The monoisotopic (exact) mass is 444 g/mol. The van der Waals surface area contributed by atoms with Crippen molar-refractivity contribution < 1.29 is 14.3 Å². The van der Waals surface area contributed by atoms with Crippen LogP contribution in [0.2, 0.25) is 0 Å². The molecule has 4 rings (SSSR count). The van der Waals surface area contributed by atoms with E-state index in [0.29, 0.717) is 29.2 Å². The van der Waals surface area contributed by atoms with Crippen LogP contribution in [-0.2, 0) is 22.6 Å². The van der Waals surface area contributed by atoms with E-state index in [1.54, 1.807) is 42.7 Å². The number of carbonyl (C=O) groups is 1. The van der Waals surface area contributed by atoms with Gasteiger partial charge in [0.1, 0.15) is 16.4 Å². The number of amides is 1. The first-order valence-corrected chi connectivity index (χ1v) is 11.5. The average Bonchev–Trinajstić information content (AvgIpc) is 3.11. The molecule has 0 saturated heterocycles. The van der Waals surface area contributed by atoms with Crippen LogP contribution in [0.4, 0.5) is 11.5 Å². The summed E-state index contributed by atoms with van der Waals surface area (Å²) in [6.45, 7) is 4.91. The summed E-state index contributed by atoms with van der Waals surface area (Å²) in [4.78, 5) is 23.4. The number of benzene rings is 1. The van der Waals surface area contributed by atoms with Crippen LogP contribution in [0.3, 0.4) is 0 Å². The molecule has 1 amide bonds. The highest BCUT2D eigenvalue weighted by Gasteiger charge is 2.27. The number of methoxy groups -OCH3 is 1. The first-order valence-electron chi connectivity index (χ1n) is 9.70. The lowest BCUT2D eigenvalue weighted by Gasteiger charge is -2.26. The quantitative estimate of drug-likeness (QED) is 0.436. The van der Waals surface area contributed by atoms with Crippen LogP contribution in [0.1, 0.15) is 24.3 Å². The van der Waals surface area contributed by atoms with Crippen molar-refractivity contribution in [2.45, 2.75) is 38.1 Å². The topological polar surface area (TPSA) is 99.4 Å². The van der Waals surface area contributed by atoms with Gasteiger partial charge in [-0.05, 0) is 35.7 Å². The zero-order valence-electron chi connectivity index (χ0n) is 17.1. The van der Waals surface area contributed by atoms with E-state index in [-0.39, 0.29) is 17.8 Å². The van der Waals surface area contributed by atoms with Crippen molar-refractivity contribution in [1.82, 2.24) is 9.97 Å². The number of nitrogens with two attached hydrogens (primary N) is 1. The Balaban J connectivity index is 1.45. The molecule has 0 aliphatic carbocycles. The number of hydrogen-bond acceptors (Lipinski definition) is 8. The number of anilines is 2. The third kappa shape index (κ3) is 4.38. The van der Waals surface area contributed by atoms with Crippen LogP contribution >= 0.6 is 23.1 Å². The van der Waals surface area contributed by atoms with Gasteiger partial charge in [0.25, 0.3) is 0 Å². The van der Waals surface area contributed by atoms with E-state index in [2.05, 4.69) is 29.1 Å². The fourth-order valence-electron chi connectivity index (χ4n) is 3.38. The summed E-state index contributed by atoms with van der Waals surface area (Å²) in [6.07, 6.45) is 1.02. The molecule has 3 N–H and O–H groups in total. The first kappa shape index (κ1) is 20.9. The van der Waals surface area contributed by atoms with Crippen LogP contribution in [0.5, 0.6) is 5.75 Å². The molecule has 2 aromatic heterocycles. The van der Waals surface area contributed by atoms with E-state index in [1.807, 2.05) is 0 Å². The van der Waals surface area contributed by atoms with Gasteiger partial charge >= 0.3 is 0 Å². The fraction of sp³-hybridized carbons (Fsp3) is 0.381. The standard InChI is InChI=1S/C21H24N4O3S2/c1-11(2)15-8-14-16(9-28-15)30-20-18(14)19(22)24-21(25-20)29-10-17(26)23-12-4-6-13(27-3)7-5-12/h4-7,11,15H,8-10H2,1-3H3,(H,23,26)(H2,22,24,25)/t15-/m1/s1. The number of rotatable bonds is 6. The van der Waals surface area contributed by atoms with Gasteiger partial charge in [0.05, 0.1) is 31.0 Å². The number of fused-ring (bicyclic) bond motifs is 3. The number of thioether (sulfide) groups is 1. The number of thiophene rings is 1. The van der Waals surface area contributed by atoms with E-state index in [0.717, 1.165) is 22.4 Å². The number of nitrogens with one attached hydrogen (secondary N) is 1. The van der Waals surface area contributed by atoms with Crippen LogP contribution in [0, 0.1) is 5.92 Å². The largest absolute Gasteiger partial charge is 0.497 e. The Hall–Kier alpha value is -2.36. The summed E-state index contributed by atoms with van der Waals surface area (Å²) in [6, 6.07) is 7.19. The number of carbonyl (C=O) groups excluding carboxylic acids is 1. The van der Waals surface area contributed by atoms with Crippen molar-refractivity contribution in [3.8, 4) is 5.75 Å². The maximum absolute atomic E-state index is 12.3. The van der Waals surface area contributed by atoms with Gasteiger partial charge < -0.3 is 20.5 Å². The zero-order valence-corrected chi connectivity index (χ0v) is 18.7. The lowest BCUT2D eigenvalue weighted by atomic mass is 9.96. The molecular weight excluding hydrogens is 420 g/mol. The maximum atomic E-state index is 12.3. The SMILES string of the molecule is COc1ccc(NC(=O)CSc2nc(N)c3c4c(sc3n2)CO[C@@H](C(C)C)C4)cc1. The van der Waals surface area contributed by atoms with Gasteiger partial charge in [-0.25, -0.2) is 9.97 Å². The smallest absolute Gasteiger partial charge is 0.234 e. The number of hydrogen-bond donors (Lipinski definition) is 2. The molecule has 0 saturated carbocycles. The molecule has 158 valence electrons. The minimum atomic E-state index is -0.133. The lowest BCUT2D eigenvalue weighted by Crippen LogP contribution is -2.26. The van der Waals surface area contributed by atoms with Crippen molar-refractivity contribution in [3.05, 3.63) is 34.7 Å². The molecule has 0 radical (unpaired) electrons. The molecule has 0 spiro atoms. The second-order valence-electron chi connectivity index (χ2n) is 7.44. The summed E-state index contributed by atoms with van der Waals surface area (Å²) >= 11 is 2.87. The molecule has 0 unspecified atom stereocenters. The normalized spacial score (nSPS) is 15.9. The Labute approximate surface area is 183 Å². The molecule has 9 heteroatoms. The molecule has 3 heterocycles. The molecule has 1 aromatic carbocycles. The van der Waals surface area contributed by atoms with Crippen LogP contribution in [0.15, 0.2) is 29.4 Å². The Kier molecular flexibility index (Phi) is 6.12. The van der Waals surface area contributed by atoms with Crippen molar-refractivity contribution in [1.29, 1.82) is 0 Å². The van der Waals surface area contributed by atoms with Gasteiger partial charge in [-0.1, -0.05) is 25.6 Å². The van der Waals surface area contributed by atoms with Crippen molar-refractivity contribution in [2.24, 2.45) is 5.92 Å². The highest BCUT2D eigenvalue weighted by Crippen LogP contribution is 2.39. The predicted molar refractivity (Wildman–Crippen MR) is 121 cm³/mol. The first-order chi connectivity index (χ1) is 14.4. The highest BCUT2D eigenvalue weighted by molar-refractivity contribution is 7.99. The fourth-order valence-corrected chi connectivity index (χ4v) is 5.22. The van der Waals surface area contributed by atoms with Crippen LogP contribution in [0.25, 0.3) is 10.2 Å². The lowest BCUT2D eigenvalue weighted by molar-refractivity contribution is -0.113. The molecule has 1 atom stereocenters. The molecule has 3 aromatic rings. The van der Waals surface area contributed by atoms with Gasteiger partial charge in [0, 0.05) is 17.0 Å². The van der Waals surface area contributed by atoms with Gasteiger partial charge in [-0.15, -0.1) is 11.3 Å². The van der Waals surface area contributed by atoms with E-state index in [1.165, 1.54) is 22.2 Å². The Morgan fingerprint density at radius 1 is 1.37 bits per heavy atom. The van der Waals surface area contributed by atoms with Crippen molar-refractivity contribution in [2.75, 3.05) is 23.9 Å². The summed E-state index contributed by atoms with van der Waals surface area (Å²) in [5, 5.41) is 4.30. The summed E-state index contributed by atoms with van der Waals surface area (Å²) in [5.41, 5.74) is 8.22. The molecule has 0 fully saturated rings. The molecule has 1 aliphatic heterocycles. The maximum Gasteiger partial charge on any atom is 0.234 e. The van der Waals surface area contributed by atoms with Crippen molar-refractivity contribution in [3.63, 3.8) is 0 Å². The van der Waals surface area contributed by atoms with Gasteiger partial charge in [-0.3, -0.25) is 4.79 Å². The predicted octanol–water partition coefficient (Wildman–Crippen LogP) is 4.11. The molecule has 7 nitrogen and oxygen atoms in total. The summed E-state index contributed by atoms with van der Waals surface area (Å²) in [5.74, 6) is 1.71. The van der Waals surface area contributed by atoms with E-state index < -0.39 is 0 Å². The van der Waals surface area contributed by atoms with E-state index in [9.17, 15) is 4.79 Å². The van der Waals surface area contributed by atoms with Crippen LogP contribution in [-0.4, -0.2) is 34.8 Å². The second kappa shape index (κ2) is 8.79. The molecule has 1 aliphatic rings. The third-order valence-electron chi connectivity index (χ3n) is 5.03. The number of nitrogens with zero attached hydrogens (tertiary/aromatic N) is 2. The Morgan fingerprint density at radius 3 is 2.83 bits per heavy atom. The van der Waals surface area contributed by atoms with Gasteiger partial charge in [0.2, 0.25) is 5.91 Å². The summed E-state index contributed by atoms with van der Waals surface area (Å²) < 4.78 is 11.1. The summed E-state index contributed by atoms with van der Waals surface area (Å²) in [7, 11) is 1.60. The van der Waals surface area contributed by atoms with Crippen molar-refractivity contribution >= 4 is 50.7 Å². The Morgan fingerprint density at radius 2 is 2.13 bits per heavy atom. The minimum Gasteiger partial charge on any atom is -0.497 e. The van der Waals surface area contributed by atoms with Gasteiger partial charge in [-0.2, -0.15) is 0 Å². The van der Waals surface area contributed by atoms with Crippen LogP contribution < -0.4 is 15.8 Å². The average molecular weight is 445 g/mol. The van der Waals surface area contributed by atoms with Gasteiger partial charge in [0.15, 0.2) is 5.16 Å².